The van der Waals surface area contributed by atoms with E-state index >= 15 is 0 Å². The minimum absolute atomic E-state index is 0.0493. The van der Waals surface area contributed by atoms with Crippen LogP contribution in [-0.2, 0) is 42.9 Å². The minimum atomic E-state index is -1.91. The number of hydrogen-bond donors (Lipinski definition) is 3. The number of carboxylic acid groups (broad SMARTS) is 1. The number of esters is 3. The molecule has 0 radical (unpaired) electrons. The number of carbonyl (C=O) groups excluding carboxylic acids is 3. The topological polar surface area (TPSA) is 175 Å². The molecule has 1 fully saturated rings. The number of carboxylic acids is 1. The second kappa shape index (κ2) is 51.4. The Morgan fingerprint density at radius 1 is 0.440 bits per heavy atom. The Kier molecular flexibility index (Phi) is 47.8. The van der Waals surface area contributed by atoms with E-state index in [0.29, 0.717) is 19.3 Å². The number of ether oxygens (including phenoxy) is 5. The van der Waals surface area contributed by atoms with E-state index in [1.54, 1.807) is 0 Å². The zero-order valence-corrected chi connectivity index (χ0v) is 47.8. The van der Waals surface area contributed by atoms with Gasteiger partial charge in [-0.05, 0) is 103 Å². The van der Waals surface area contributed by atoms with E-state index in [1.165, 1.54) is 109 Å². The van der Waals surface area contributed by atoms with Crippen molar-refractivity contribution < 1.29 is 58.2 Å². The SMILES string of the molecule is CCCCC/C=C\C/C=C\CCCCCCCC(=O)OC(COC(=O)CCCCCCCCC/C=C\CCCCCCCC)COC1OC(C(=O)O)C(O)C(O)C1OC(=O)CCCCCCC/C=C\CCCCCC. The average Bonchev–Trinajstić information content (AvgIpc) is 3.39. The summed E-state index contributed by atoms with van der Waals surface area (Å²) < 4.78 is 28.4. The normalized spacial score (nSPS) is 18.4. The van der Waals surface area contributed by atoms with Crippen LogP contribution >= 0.6 is 0 Å². The fourth-order valence-electron chi connectivity index (χ4n) is 9.09. The molecule has 6 unspecified atom stereocenters. The maximum absolute atomic E-state index is 13.2. The van der Waals surface area contributed by atoms with Crippen molar-refractivity contribution in [2.45, 2.75) is 314 Å². The molecule has 1 rings (SSSR count). The molecule has 0 aliphatic carbocycles. The standard InChI is InChI=1S/C63H110O12/c1-4-7-10-13-16-19-22-25-27-28-30-32-34-37-40-43-46-49-55(64)71-52-54(73-56(65)50-47-44-41-38-36-33-29-26-23-20-17-14-11-8-5-2)53-72-63-61(59(68)58(67)60(75-63)62(69)70)74-57(66)51-48-45-42-39-35-31-24-21-18-15-12-9-6-3/h17,20-21,24-27,29,54,58-61,63,67-68H,4-16,18-19,22-23,28,30-53H2,1-3H3,(H,69,70)/b20-17-,24-21-,27-25-,29-26-. The van der Waals surface area contributed by atoms with Crippen molar-refractivity contribution in [1.29, 1.82) is 0 Å². The Morgan fingerprint density at radius 3 is 1.25 bits per heavy atom. The molecule has 1 saturated heterocycles. The third kappa shape index (κ3) is 41.5. The van der Waals surface area contributed by atoms with Crippen molar-refractivity contribution in [3.63, 3.8) is 0 Å². The third-order valence-electron chi connectivity index (χ3n) is 13.8. The lowest BCUT2D eigenvalue weighted by molar-refractivity contribution is -0.301. The summed E-state index contributed by atoms with van der Waals surface area (Å²) >= 11 is 0. The molecule has 434 valence electrons. The van der Waals surface area contributed by atoms with Crippen molar-refractivity contribution >= 4 is 23.9 Å². The molecule has 75 heavy (non-hydrogen) atoms. The van der Waals surface area contributed by atoms with Crippen molar-refractivity contribution in [3.05, 3.63) is 48.6 Å². The van der Waals surface area contributed by atoms with Crippen molar-refractivity contribution in [2.75, 3.05) is 13.2 Å². The minimum Gasteiger partial charge on any atom is -0.479 e. The first-order valence-corrected chi connectivity index (χ1v) is 30.6. The fourth-order valence-corrected chi connectivity index (χ4v) is 9.09. The molecule has 0 saturated carbocycles. The Bertz CT molecular complexity index is 1490. The number of hydrogen-bond acceptors (Lipinski definition) is 11. The lowest BCUT2D eigenvalue weighted by Crippen LogP contribution is -2.61. The number of carbonyl (C=O) groups is 4. The van der Waals surface area contributed by atoms with E-state index in [-0.39, 0.29) is 25.9 Å². The molecule has 1 aliphatic heterocycles. The number of rotatable bonds is 52. The van der Waals surface area contributed by atoms with E-state index in [0.717, 1.165) is 109 Å². The summed E-state index contributed by atoms with van der Waals surface area (Å²) in [4.78, 5) is 51.1. The highest BCUT2D eigenvalue weighted by Crippen LogP contribution is 2.26. The Balaban J connectivity index is 2.69. The summed E-state index contributed by atoms with van der Waals surface area (Å²) in [6.45, 7) is 5.94. The van der Waals surface area contributed by atoms with Gasteiger partial charge >= 0.3 is 23.9 Å². The van der Waals surface area contributed by atoms with Gasteiger partial charge in [-0.2, -0.15) is 0 Å². The predicted molar refractivity (Wildman–Crippen MR) is 303 cm³/mol. The summed E-state index contributed by atoms with van der Waals surface area (Å²) in [5, 5.41) is 31.5. The lowest BCUT2D eigenvalue weighted by atomic mass is 9.98. The Morgan fingerprint density at radius 2 is 0.800 bits per heavy atom. The highest BCUT2D eigenvalue weighted by molar-refractivity contribution is 5.74. The number of aliphatic hydroxyl groups is 2. The van der Waals surface area contributed by atoms with Gasteiger partial charge in [0.1, 0.15) is 18.8 Å². The van der Waals surface area contributed by atoms with Crippen molar-refractivity contribution in [3.8, 4) is 0 Å². The average molecular weight is 1060 g/mol. The van der Waals surface area contributed by atoms with Crippen LogP contribution < -0.4 is 0 Å². The highest BCUT2D eigenvalue weighted by atomic mass is 16.7. The van der Waals surface area contributed by atoms with Crippen LogP contribution in [0.3, 0.4) is 0 Å². The number of aliphatic hydroxyl groups excluding tert-OH is 2. The monoisotopic (exact) mass is 1060 g/mol. The molecule has 0 amide bonds. The quantitative estimate of drug-likeness (QED) is 0.0228. The molecule has 12 heteroatoms. The van der Waals surface area contributed by atoms with Crippen LogP contribution in [0.2, 0.25) is 0 Å². The number of aliphatic carboxylic acids is 1. The first-order valence-electron chi connectivity index (χ1n) is 30.6. The highest BCUT2D eigenvalue weighted by Gasteiger charge is 2.50. The van der Waals surface area contributed by atoms with E-state index in [1.807, 2.05) is 0 Å². The third-order valence-corrected chi connectivity index (χ3v) is 13.8. The van der Waals surface area contributed by atoms with Gasteiger partial charge < -0.3 is 39.0 Å². The number of allylic oxidation sites excluding steroid dienone is 8. The molecule has 0 spiro atoms. The fraction of sp³-hybridized carbons (Fsp3) is 0.810. The van der Waals surface area contributed by atoms with E-state index in [2.05, 4.69) is 69.4 Å². The summed E-state index contributed by atoms with van der Waals surface area (Å²) in [5.74, 6) is -3.14. The molecule has 12 nitrogen and oxygen atoms in total. The van der Waals surface area contributed by atoms with Crippen LogP contribution in [-0.4, -0.2) is 89.2 Å². The van der Waals surface area contributed by atoms with Crippen LogP contribution in [0.1, 0.15) is 278 Å². The van der Waals surface area contributed by atoms with E-state index in [4.69, 9.17) is 23.7 Å². The smallest absolute Gasteiger partial charge is 0.335 e. The van der Waals surface area contributed by atoms with Crippen LogP contribution in [0.4, 0.5) is 0 Å². The molecular weight excluding hydrogens is 949 g/mol. The Hall–Kier alpha value is -3.32. The maximum atomic E-state index is 13.2. The summed E-state index contributed by atoms with van der Waals surface area (Å²) in [5.41, 5.74) is 0. The molecule has 1 aliphatic rings. The summed E-state index contributed by atoms with van der Waals surface area (Å²) in [7, 11) is 0. The first-order chi connectivity index (χ1) is 36.6. The van der Waals surface area contributed by atoms with Gasteiger partial charge in [0.2, 0.25) is 0 Å². The van der Waals surface area contributed by atoms with Gasteiger partial charge in [-0.3, -0.25) is 14.4 Å². The molecule has 0 bridgehead atoms. The van der Waals surface area contributed by atoms with E-state index < -0.39 is 67.3 Å². The van der Waals surface area contributed by atoms with Gasteiger partial charge in [0.15, 0.2) is 24.6 Å². The number of unbranched alkanes of at least 4 members (excludes halogenated alkanes) is 30. The largest absolute Gasteiger partial charge is 0.479 e. The second-order valence-corrected chi connectivity index (χ2v) is 21.0. The summed E-state index contributed by atoms with van der Waals surface area (Å²) in [6, 6.07) is 0. The molecule has 0 aromatic rings. The van der Waals surface area contributed by atoms with Crippen LogP contribution in [0, 0.1) is 0 Å². The molecule has 0 aromatic carbocycles. The molecule has 1 heterocycles. The second-order valence-electron chi connectivity index (χ2n) is 21.0. The van der Waals surface area contributed by atoms with Crippen LogP contribution in [0.15, 0.2) is 48.6 Å². The van der Waals surface area contributed by atoms with Gasteiger partial charge in [-0.15, -0.1) is 0 Å². The maximum Gasteiger partial charge on any atom is 0.335 e. The van der Waals surface area contributed by atoms with Crippen molar-refractivity contribution in [1.82, 2.24) is 0 Å². The Labute approximate surface area is 456 Å². The molecular formula is C63H110O12. The van der Waals surface area contributed by atoms with Gasteiger partial charge in [0.05, 0.1) is 6.61 Å². The van der Waals surface area contributed by atoms with E-state index in [9.17, 15) is 34.5 Å². The van der Waals surface area contributed by atoms with Crippen LogP contribution in [0.25, 0.3) is 0 Å². The zero-order chi connectivity index (χ0) is 54.7. The first kappa shape index (κ1) is 69.7. The van der Waals surface area contributed by atoms with Gasteiger partial charge in [0.25, 0.3) is 0 Å². The lowest BCUT2D eigenvalue weighted by Gasteiger charge is -2.40. The van der Waals surface area contributed by atoms with Gasteiger partial charge in [0, 0.05) is 19.3 Å². The molecule has 0 aromatic heterocycles. The summed E-state index contributed by atoms with van der Waals surface area (Å²) in [6.07, 6.45) is 49.3. The zero-order valence-electron chi connectivity index (χ0n) is 47.8. The molecule has 3 N–H and O–H groups in total. The molecule has 6 atom stereocenters. The van der Waals surface area contributed by atoms with Gasteiger partial charge in [-0.1, -0.05) is 204 Å². The van der Waals surface area contributed by atoms with Crippen molar-refractivity contribution in [2.24, 2.45) is 0 Å². The van der Waals surface area contributed by atoms with Gasteiger partial charge in [-0.25, -0.2) is 4.79 Å². The predicted octanol–water partition coefficient (Wildman–Crippen LogP) is 15.8. The van der Waals surface area contributed by atoms with Crippen LogP contribution in [0.5, 0.6) is 0 Å².